The Bertz CT molecular complexity index is 511. The summed E-state index contributed by atoms with van der Waals surface area (Å²) in [5.41, 5.74) is 1.16. The molecule has 0 N–H and O–H groups in total. The summed E-state index contributed by atoms with van der Waals surface area (Å²) in [4.78, 5) is 23.1. The molecule has 0 unspecified atom stereocenters. The van der Waals surface area contributed by atoms with Gasteiger partial charge in [0.15, 0.2) is 5.78 Å². The van der Waals surface area contributed by atoms with Crippen LogP contribution in [0.3, 0.4) is 0 Å². The van der Waals surface area contributed by atoms with Crippen molar-refractivity contribution in [3.63, 3.8) is 0 Å². The maximum absolute atomic E-state index is 11.7. The maximum atomic E-state index is 11.7. The second-order valence-electron chi connectivity index (χ2n) is 4.71. The van der Waals surface area contributed by atoms with Gasteiger partial charge in [-0.05, 0) is 31.9 Å². The van der Waals surface area contributed by atoms with Crippen molar-refractivity contribution in [1.82, 2.24) is 0 Å². The van der Waals surface area contributed by atoms with E-state index in [2.05, 4.69) is 0 Å². The highest BCUT2D eigenvalue weighted by atomic mass is 35.5. The van der Waals surface area contributed by atoms with Crippen molar-refractivity contribution in [3.8, 4) is 11.5 Å². The van der Waals surface area contributed by atoms with Crippen LogP contribution >= 0.6 is 11.6 Å². The smallest absolute Gasteiger partial charge is 0.308 e. The standard InChI is InChI=1S/C16H21ClO4/c1-4-6-14-15(20-10-5-9-17)8-7-13(11(2)18)16(14)21-12(3)19/h7-8H,4-6,9-10H2,1-3H3. The van der Waals surface area contributed by atoms with Gasteiger partial charge in [-0.25, -0.2) is 0 Å². The number of hydrogen-bond donors (Lipinski definition) is 0. The number of carbonyl (C=O) groups excluding carboxylic acids is 2. The topological polar surface area (TPSA) is 52.6 Å². The molecule has 0 fully saturated rings. The van der Waals surface area contributed by atoms with Crippen LogP contribution in [0.15, 0.2) is 12.1 Å². The van der Waals surface area contributed by atoms with E-state index in [0.29, 0.717) is 36.0 Å². The summed E-state index contributed by atoms with van der Waals surface area (Å²) in [6.07, 6.45) is 2.24. The molecule has 0 aliphatic rings. The van der Waals surface area contributed by atoms with Gasteiger partial charge < -0.3 is 9.47 Å². The van der Waals surface area contributed by atoms with E-state index in [9.17, 15) is 9.59 Å². The average molecular weight is 313 g/mol. The molecule has 116 valence electrons. The van der Waals surface area contributed by atoms with Gasteiger partial charge in [-0.3, -0.25) is 9.59 Å². The van der Waals surface area contributed by atoms with E-state index in [1.54, 1.807) is 12.1 Å². The molecule has 0 heterocycles. The molecule has 1 rings (SSSR count). The van der Waals surface area contributed by atoms with Crippen molar-refractivity contribution in [2.75, 3.05) is 12.5 Å². The van der Waals surface area contributed by atoms with Gasteiger partial charge in [0, 0.05) is 18.4 Å². The lowest BCUT2D eigenvalue weighted by molar-refractivity contribution is -0.131. The molecule has 0 aromatic heterocycles. The lowest BCUT2D eigenvalue weighted by atomic mass is 10.0. The Morgan fingerprint density at radius 3 is 2.48 bits per heavy atom. The number of benzene rings is 1. The van der Waals surface area contributed by atoms with Crippen LogP contribution in [-0.2, 0) is 11.2 Å². The SMILES string of the molecule is CCCc1c(OCCCCl)ccc(C(C)=O)c1OC(C)=O. The van der Waals surface area contributed by atoms with Crippen molar-refractivity contribution < 1.29 is 19.1 Å². The number of halogens is 1. The Kier molecular flexibility index (Phi) is 7.23. The highest BCUT2D eigenvalue weighted by Gasteiger charge is 2.19. The molecule has 0 aliphatic heterocycles. The fraction of sp³-hybridized carbons (Fsp3) is 0.500. The van der Waals surface area contributed by atoms with Crippen LogP contribution in [0.4, 0.5) is 0 Å². The second kappa shape index (κ2) is 8.67. The van der Waals surface area contributed by atoms with E-state index in [1.165, 1.54) is 13.8 Å². The number of Topliss-reactive ketones (excluding diaryl/α,β-unsaturated/α-hetero) is 1. The first-order valence-corrected chi connectivity index (χ1v) is 7.58. The molecule has 0 bridgehead atoms. The van der Waals surface area contributed by atoms with E-state index in [4.69, 9.17) is 21.1 Å². The molecule has 0 aliphatic carbocycles. The van der Waals surface area contributed by atoms with E-state index < -0.39 is 5.97 Å². The summed E-state index contributed by atoms with van der Waals surface area (Å²) in [5.74, 6) is 0.887. The molecular formula is C16H21ClO4. The number of hydrogen-bond acceptors (Lipinski definition) is 4. The molecule has 4 nitrogen and oxygen atoms in total. The number of ether oxygens (including phenoxy) is 2. The minimum atomic E-state index is -0.451. The van der Waals surface area contributed by atoms with E-state index in [1.807, 2.05) is 6.92 Å². The second-order valence-corrected chi connectivity index (χ2v) is 5.09. The zero-order valence-electron chi connectivity index (χ0n) is 12.7. The quantitative estimate of drug-likeness (QED) is 0.241. The minimum absolute atomic E-state index is 0.143. The summed E-state index contributed by atoms with van der Waals surface area (Å²) in [5, 5.41) is 0. The third-order valence-corrected chi connectivity index (χ3v) is 3.15. The molecule has 0 saturated heterocycles. The molecule has 0 spiro atoms. The number of rotatable bonds is 8. The first-order chi connectivity index (χ1) is 10.0. The minimum Gasteiger partial charge on any atom is -0.493 e. The molecule has 5 heteroatoms. The third kappa shape index (κ3) is 5.05. The van der Waals surface area contributed by atoms with Crippen LogP contribution in [0.1, 0.15) is 49.5 Å². The molecule has 0 radical (unpaired) electrons. The summed E-state index contributed by atoms with van der Waals surface area (Å²) in [7, 11) is 0. The highest BCUT2D eigenvalue weighted by molar-refractivity contribution is 6.17. The van der Waals surface area contributed by atoms with Crippen molar-refractivity contribution in [2.24, 2.45) is 0 Å². The number of carbonyl (C=O) groups is 2. The summed E-state index contributed by atoms with van der Waals surface area (Å²) in [6.45, 7) is 5.27. The van der Waals surface area contributed by atoms with Crippen LogP contribution < -0.4 is 9.47 Å². The number of ketones is 1. The Hall–Kier alpha value is -1.55. The first kappa shape index (κ1) is 17.5. The van der Waals surface area contributed by atoms with Crippen LogP contribution in [0.2, 0.25) is 0 Å². The van der Waals surface area contributed by atoms with Gasteiger partial charge >= 0.3 is 5.97 Å². The Labute approximate surface area is 130 Å². The molecule has 1 aromatic carbocycles. The Balaban J connectivity index is 3.25. The van der Waals surface area contributed by atoms with E-state index >= 15 is 0 Å². The maximum Gasteiger partial charge on any atom is 0.308 e. The first-order valence-electron chi connectivity index (χ1n) is 7.05. The van der Waals surface area contributed by atoms with Crippen molar-refractivity contribution in [1.29, 1.82) is 0 Å². The fourth-order valence-corrected chi connectivity index (χ4v) is 2.12. The van der Waals surface area contributed by atoms with Gasteiger partial charge in [0.25, 0.3) is 0 Å². The van der Waals surface area contributed by atoms with Crippen molar-refractivity contribution >= 4 is 23.4 Å². The lowest BCUT2D eigenvalue weighted by Crippen LogP contribution is -2.11. The largest absolute Gasteiger partial charge is 0.493 e. The van der Waals surface area contributed by atoms with Gasteiger partial charge in [0.1, 0.15) is 11.5 Å². The van der Waals surface area contributed by atoms with E-state index in [-0.39, 0.29) is 5.78 Å². The molecule has 21 heavy (non-hydrogen) atoms. The van der Waals surface area contributed by atoms with E-state index in [0.717, 1.165) is 18.4 Å². The normalized spacial score (nSPS) is 10.3. The Morgan fingerprint density at radius 2 is 1.95 bits per heavy atom. The van der Waals surface area contributed by atoms with Gasteiger partial charge in [0.2, 0.25) is 0 Å². The summed E-state index contributed by atoms with van der Waals surface area (Å²) < 4.78 is 11.0. The number of esters is 1. The third-order valence-electron chi connectivity index (χ3n) is 2.88. The lowest BCUT2D eigenvalue weighted by Gasteiger charge is -2.17. The van der Waals surface area contributed by atoms with Gasteiger partial charge in [-0.15, -0.1) is 11.6 Å². The van der Waals surface area contributed by atoms with Crippen molar-refractivity contribution in [3.05, 3.63) is 23.3 Å². The van der Waals surface area contributed by atoms with Crippen LogP contribution in [0.5, 0.6) is 11.5 Å². The zero-order chi connectivity index (χ0) is 15.8. The summed E-state index contributed by atoms with van der Waals surface area (Å²) in [6, 6.07) is 3.39. The predicted molar refractivity (Wildman–Crippen MR) is 82.6 cm³/mol. The average Bonchev–Trinajstić information content (AvgIpc) is 2.41. The molecule has 0 saturated carbocycles. The van der Waals surface area contributed by atoms with Crippen molar-refractivity contribution in [2.45, 2.75) is 40.0 Å². The highest BCUT2D eigenvalue weighted by Crippen LogP contribution is 2.34. The molecule has 0 amide bonds. The zero-order valence-corrected chi connectivity index (χ0v) is 13.5. The molecular weight excluding hydrogens is 292 g/mol. The van der Waals surface area contributed by atoms with Crippen LogP contribution in [0.25, 0.3) is 0 Å². The van der Waals surface area contributed by atoms with Gasteiger partial charge in [0.05, 0.1) is 12.2 Å². The Morgan fingerprint density at radius 1 is 1.24 bits per heavy atom. The van der Waals surface area contributed by atoms with Crippen LogP contribution in [0, 0.1) is 0 Å². The summed E-state index contributed by atoms with van der Waals surface area (Å²) >= 11 is 5.64. The molecule has 1 aromatic rings. The van der Waals surface area contributed by atoms with Gasteiger partial charge in [-0.2, -0.15) is 0 Å². The fourth-order valence-electron chi connectivity index (χ4n) is 2.01. The molecule has 0 atom stereocenters. The van der Waals surface area contributed by atoms with Crippen LogP contribution in [-0.4, -0.2) is 24.2 Å². The number of alkyl halides is 1. The monoisotopic (exact) mass is 312 g/mol. The predicted octanol–water partition coefficient (Wildman–Crippen LogP) is 3.77. The van der Waals surface area contributed by atoms with Gasteiger partial charge in [-0.1, -0.05) is 13.3 Å².